The topological polar surface area (TPSA) is 40.5 Å². The Morgan fingerprint density at radius 2 is 1.87 bits per heavy atom. The van der Waals surface area contributed by atoms with Crippen LogP contribution in [0.1, 0.15) is 5.69 Å². The molecular formula is C19H15NO3. The first-order valence-electron chi connectivity index (χ1n) is 7.38. The van der Waals surface area contributed by atoms with Gasteiger partial charge in [-0.05, 0) is 23.3 Å². The van der Waals surface area contributed by atoms with Crippen LogP contribution in [0, 0.1) is 0 Å². The molecule has 0 aliphatic carbocycles. The maximum atomic E-state index is 11.9. The van der Waals surface area contributed by atoms with Crippen molar-refractivity contribution < 1.29 is 9.47 Å². The fourth-order valence-electron chi connectivity index (χ4n) is 2.83. The van der Waals surface area contributed by atoms with Crippen LogP contribution < -0.4 is 14.9 Å². The first-order valence-corrected chi connectivity index (χ1v) is 7.38. The highest BCUT2D eigenvalue weighted by atomic mass is 16.5. The zero-order valence-corrected chi connectivity index (χ0v) is 12.7. The van der Waals surface area contributed by atoms with Gasteiger partial charge in [0.15, 0.2) is 5.75 Å². The Labute approximate surface area is 133 Å². The third-order valence-corrected chi connectivity index (χ3v) is 4.02. The first kappa shape index (κ1) is 13.6. The SMILES string of the molecule is COc1cn2c(cc1=O)COc1ccc(-c3ccccc3)cc1-2. The molecule has 0 unspecified atom stereocenters. The minimum absolute atomic E-state index is 0.134. The largest absolute Gasteiger partial charge is 0.491 e. The van der Waals surface area contributed by atoms with Gasteiger partial charge in [0.2, 0.25) is 5.43 Å². The molecule has 4 nitrogen and oxygen atoms in total. The molecule has 0 radical (unpaired) electrons. The summed E-state index contributed by atoms with van der Waals surface area (Å²) in [6.45, 7) is 0.372. The summed E-state index contributed by atoms with van der Waals surface area (Å²) >= 11 is 0. The molecule has 23 heavy (non-hydrogen) atoms. The molecule has 4 heteroatoms. The molecule has 1 aromatic heterocycles. The molecule has 3 aromatic rings. The van der Waals surface area contributed by atoms with Gasteiger partial charge in [-0.2, -0.15) is 0 Å². The Kier molecular flexibility index (Phi) is 3.15. The van der Waals surface area contributed by atoms with E-state index in [1.807, 2.05) is 34.9 Å². The van der Waals surface area contributed by atoms with Crippen LogP contribution >= 0.6 is 0 Å². The monoisotopic (exact) mass is 305 g/mol. The second-order valence-electron chi connectivity index (χ2n) is 5.40. The second-order valence-corrected chi connectivity index (χ2v) is 5.40. The molecule has 0 bridgehead atoms. The first-order chi connectivity index (χ1) is 11.3. The van der Waals surface area contributed by atoms with E-state index >= 15 is 0 Å². The highest BCUT2D eigenvalue weighted by Gasteiger charge is 2.18. The Bertz CT molecular complexity index is 929. The van der Waals surface area contributed by atoms with Gasteiger partial charge in [-0.25, -0.2) is 0 Å². The average Bonchev–Trinajstić information content (AvgIpc) is 2.61. The Morgan fingerprint density at radius 3 is 2.65 bits per heavy atom. The summed E-state index contributed by atoms with van der Waals surface area (Å²) in [6, 6.07) is 17.8. The predicted molar refractivity (Wildman–Crippen MR) is 88.4 cm³/mol. The number of hydrogen-bond acceptors (Lipinski definition) is 3. The van der Waals surface area contributed by atoms with E-state index in [0.717, 1.165) is 28.3 Å². The van der Waals surface area contributed by atoms with Crippen LogP contribution in [0.2, 0.25) is 0 Å². The lowest BCUT2D eigenvalue weighted by atomic mass is 10.0. The second kappa shape index (κ2) is 5.32. The normalized spacial score (nSPS) is 12.0. The van der Waals surface area contributed by atoms with Crippen LogP contribution in [0.4, 0.5) is 0 Å². The lowest BCUT2D eigenvalue weighted by Crippen LogP contribution is -2.19. The van der Waals surface area contributed by atoms with Gasteiger partial charge in [0, 0.05) is 6.07 Å². The van der Waals surface area contributed by atoms with Crippen LogP contribution in [0.15, 0.2) is 65.6 Å². The van der Waals surface area contributed by atoms with Crippen molar-refractivity contribution >= 4 is 0 Å². The van der Waals surface area contributed by atoms with Gasteiger partial charge in [0.05, 0.1) is 24.7 Å². The number of aromatic nitrogens is 1. The van der Waals surface area contributed by atoms with Crippen LogP contribution in [0.25, 0.3) is 16.8 Å². The van der Waals surface area contributed by atoms with Gasteiger partial charge in [-0.3, -0.25) is 4.79 Å². The van der Waals surface area contributed by atoms with E-state index in [1.165, 1.54) is 7.11 Å². The van der Waals surface area contributed by atoms with Crippen LogP contribution in [-0.2, 0) is 6.61 Å². The van der Waals surface area contributed by atoms with Gasteiger partial charge in [-0.15, -0.1) is 0 Å². The Hall–Kier alpha value is -3.01. The molecule has 0 saturated heterocycles. The Balaban J connectivity index is 1.91. The molecule has 2 heterocycles. The van der Waals surface area contributed by atoms with E-state index < -0.39 is 0 Å². The van der Waals surface area contributed by atoms with Crippen molar-refractivity contribution in [1.82, 2.24) is 4.57 Å². The number of pyridine rings is 1. The number of benzene rings is 2. The van der Waals surface area contributed by atoms with E-state index in [9.17, 15) is 4.79 Å². The molecule has 2 aromatic carbocycles. The quantitative estimate of drug-likeness (QED) is 0.728. The van der Waals surface area contributed by atoms with Crippen molar-refractivity contribution in [2.75, 3.05) is 7.11 Å². The molecule has 0 amide bonds. The fourth-order valence-corrected chi connectivity index (χ4v) is 2.83. The van der Waals surface area contributed by atoms with Crippen molar-refractivity contribution in [3.63, 3.8) is 0 Å². The summed E-state index contributed by atoms with van der Waals surface area (Å²) in [5.41, 5.74) is 3.82. The molecule has 4 rings (SSSR count). The van der Waals surface area contributed by atoms with Gasteiger partial charge >= 0.3 is 0 Å². The van der Waals surface area contributed by atoms with Crippen molar-refractivity contribution in [3.8, 4) is 28.3 Å². The standard InChI is InChI=1S/C19H15NO3/c1-22-19-11-20-15(10-17(19)21)12-23-18-8-7-14(9-16(18)20)13-5-3-2-4-6-13/h2-11H,12H2,1H3. The minimum atomic E-state index is -0.134. The van der Waals surface area contributed by atoms with E-state index in [1.54, 1.807) is 12.3 Å². The molecule has 0 N–H and O–H groups in total. The molecule has 0 spiro atoms. The van der Waals surface area contributed by atoms with Crippen LogP contribution in [-0.4, -0.2) is 11.7 Å². The maximum absolute atomic E-state index is 11.9. The Morgan fingerprint density at radius 1 is 1.04 bits per heavy atom. The minimum Gasteiger partial charge on any atom is -0.491 e. The smallest absolute Gasteiger partial charge is 0.223 e. The lowest BCUT2D eigenvalue weighted by molar-refractivity contribution is 0.282. The summed E-state index contributed by atoms with van der Waals surface area (Å²) in [4.78, 5) is 11.9. The summed E-state index contributed by atoms with van der Waals surface area (Å²) < 4.78 is 12.9. The van der Waals surface area contributed by atoms with Gasteiger partial charge < -0.3 is 14.0 Å². The zero-order chi connectivity index (χ0) is 15.8. The third-order valence-electron chi connectivity index (χ3n) is 4.02. The number of nitrogens with zero attached hydrogens (tertiary/aromatic N) is 1. The van der Waals surface area contributed by atoms with Crippen molar-refractivity contribution in [2.24, 2.45) is 0 Å². The molecule has 1 aliphatic heterocycles. The average molecular weight is 305 g/mol. The summed E-state index contributed by atoms with van der Waals surface area (Å²) in [5, 5.41) is 0. The number of hydrogen-bond donors (Lipinski definition) is 0. The van der Waals surface area contributed by atoms with Crippen LogP contribution in [0.5, 0.6) is 11.5 Å². The highest BCUT2D eigenvalue weighted by Crippen LogP contribution is 2.34. The molecular weight excluding hydrogens is 290 g/mol. The lowest BCUT2D eigenvalue weighted by Gasteiger charge is -2.24. The van der Waals surface area contributed by atoms with Gasteiger partial charge in [0.1, 0.15) is 12.4 Å². The van der Waals surface area contributed by atoms with Gasteiger partial charge in [-0.1, -0.05) is 36.4 Å². The summed E-state index contributed by atoms with van der Waals surface area (Å²) in [5.74, 6) is 1.12. The summed E-state index contributed by atoms with van der Waals surface area (Å²) in [6.07, 6.45) is 1.73. The predicted octanol–water partition coefficient (Wildman–Crippen LogP) is 3.41. The van der Waals surface area contributed by atoms with Crippen molar-refractivity contribution in [3.05, 3.63) is 76.7 Å². The zero-order valence-electron chi connectivity index (χ0n) is 12.7. The van der Waals surface area contributed by atoms with E-state index in [0.29, 0.717) is 12.4 Å². The van der Waals surface area contributed by atoms with Crippen LogP contribution in [0.3, 0.4) is 0 Å². The van der Waals surface area contributed by atoms with Gasteiger partial charge in [0.25, 0.3) is 0 Å². The fraction of sp³-hybridized carbons (Fsp3) is 0.105. The highest BCUT2D eigenvalue weighted by molar-refractivity contribution is 5.69. The van der Waals surface area contributed by atoms with E-state index in [-0.39, 0.29) is 5.43 Å². The molecule has 0 fully saturated rings. The van der Waals surface area contributed by atoms with Crippen molar-refractivity contribution in [1.29, 1.82) is 0 Å². The molecule has 0 atom stereocenters. The summed E-state index contributed by atoms with van der Waals surface area (Å²) in [7, 11) is 1.50. The van der Waals surface area contributed by atoms with Crippen molar-refractivity contribution in [2.45, 2.75) is 6.61 Å². The number of fused-ring (bicyclic) bond motifs is 3. The molecule has 0 saturated carbocycles. The molecule has 1 aliphatic rings. The number of rotatable bonds is 2. The number of ether oxygens (including phenoxy) is 2. The molecule has 114 valence electrons. The van der Waals surface area contributed by atoms with E-state index in [2.05, 4.69) is 18.2 Å². The maximum Gasteiger partial charge on any atom is 0.223 e. The number of methoxy groups -OCH3 is 1. The third kappa shape index (κ3) is 2.28. The van der Waals surface area contributed by atoms with E-state index in [4.69, 9.17) is 9.47 Å².